The van der Waals surface area contributed by atoms with E-state index < -0.39 is 24.7 Å². The van der Waals surface area contributed by atoms with Crippen LogP contribution in [-0.2, 0) is 9.47 Å². The minimum absolute atomic E-state index is 0.179. The Bertz CT molecular complexity index is 428. The van der Waals surface area contributed by atoms with E-state index in [1.54, 1.807) is 6.92 Å². The molecule has 3 atom stereocenters. The summed E-state index contributed by atoms with van der Waals surface area (Å²) in [6.07, 6.45) is -8.84. The highest BCUT2D eigenvalue weighted by Gasteiger charge is 2.47. The van der Waals surface area contributed by atoms with Gasteiger partial charge in [-0.2, -0.15) is 8.78 Å². The van der Waals surface area contributed by atoms with Gasteiger partial charge in [-0.25, -0.2) is 4.39 Å². The average Bonchev–Trinajstić information content (AvgIpc) is 2.40. The first-order valence-electron chi connectivity index (χ1n) is 6.59. The zero-order chi connectivity index (χ0) is 16.0. The van der Waals surface area contributed by atoms with Crippen LogP contribution in [0.1, 0.15) is 20.8 Å². The average molecular weight is 307 g/mol. The molecule has 3 unspecified atom stereocenters. The van der Waals surface area contributed by atoms with E-state index in [1.165, 1.54) is 38.1 Å². The van der Waals surface area contributed by atoms with Gasteiger partial charge < -0.3 is 19.9 Å². The normalized spacial score (nSPS) is 16.3. The third kappa shape index (κ3) is 5.43. The van der Waals surface area contributed by atoms with Gasteiger partial charge in [0, 0.05) is 12.3 Å². The fourth-order valence-corrected chi connectivity index (χ4v) is 1.67. The number of ether oxygens (including phenoxy) is 3. The van der Waals surface area contributed by atoms with Crippen molar-refractivity contribution in [3.05, 3.63) is 24.3 Å². The van der Waals surface area contributed by atoms with Gasteiger partial charge in [-0.15, -0.1) is 0 Å². The Morgan fingerprint density at radius 3 is 2.29 bits per heavy atom. The number of hydrogen-bond acceptors (Lipinski definition) is 4. The molecule has 21 heavy (non-hydrogen) atoms. The number of anilines is 1. The molecule has 0 bridgehead atoms. The van der Waals surface area contributed by atoms with Gasteiger partial charge in [0.2, 0.25) is 6.17 Å². The van der Waals surface area contributed by atoms with Crippen molar-refractivity contribution in [2.45, 2.75) is 45.4 Å². The predicted octanol–water partition coefficient (Wildman–Crippen LogP) is 3.37. The summed E-state index contributed by atoms with van der Waals surface area (Å²) in [7, 11) is 0. The van der Waals surface area contributed by atoms with Crippen molar-refractivity contribution in [2.24, 2.45) is 0 Å². The van der Waals surface area contributed by atoms with Crippen molar-refractivity contribution in [1.29, 1.82) is 0 Å². The SMILES string of the molecule is CCOC(C)OC(C)C(F)C(F)(F)Oc1ccc(N)cc1. The third-order valence-electron chi connectivity index (χ3n) is 2.67. The van der Waals surface area contributed by atoms with Crippen LogP contribution < -0.4 is 10.5 Å². The lowest BCUT2D eigenvalue weighted by Crippen LogP contribution is -2.44. The second-order valence-electron chi connectivity index (χ2n) is 4.50. The first kappa shape index (κ1) is 17.6. The van der Waals surface area contributed by atoms with Crippen LogP contribution in [0.2, 0.25) is 0 Å². The second-order valence-corrected chi connectivity index (χ2v) is 4.50. The van der Waals surface area contributed by atoms with E-state index >= 15 is 0 Å². The molecule has 0 aliphatic rings. The Morgan fingerprint density at radius 1 is 1.19 bits per heavy atom. The minimum atomic E-state index is -4.03. The molecule has 0 spiro atoms. The molecule has 0 heterocycles. The van der Waals surface area contributed by atoms with Crippen LogP contribution in [0, 0.1) is 0 Å². The van der Waals surface area contributed by atoms with E-state index in [9.17, 15) is 13.2 Å². The van der Waals surface area contributed by atoms with Gasteiger partial charge in [0.25, 0.3) is 0 Å². The molecule has 0 aromatic heterocycles. The van der Waals surface area contributed by atoms with Crippen molar-refractivity contribution >= 4 is 5.69 Å². The van der Waals surface area contributed by atoms with E-state index in [4.69, 9.17) is 15.2 Å². The molecule has 7 heteroatoms. The van der Waals surface area contributed by atoms with Crippen LogP contribution in [0.4, 0.5) is 18.9 Å². The van der Waals surface area contributed by atoms with Gasteiger partial charge in [-0.1, -0.05) is 0 Å². The van der Waals surface area contributed by atoms with E-state index in [0.29, 0.717) is 12.3 Å². The number of rotatable bonds is 8. The molecule has 1 aromatic rings. The summed E-state index contributed by atoms with van der Waals surface area (Å²) in [5.74, 6) is -0.179. The molecule has 4 nitrogen and oxygen atoms in total. The summed E-state index contributed by atoms with van der Waals surface area (Å²) in [4.78, 5) is 0. The fourth-order valence-electron chi connectivity index (χ4n) is 1.67. The summed E-state index contributed by atoms with van der Waals surface area (Å²) in [6, 6.07) is 5.25. The van der Waals surface area contributed by atoms with Crippen LogP contribution in [0.15, 0.2) is 24.3 Å². The topological polar surface area (TPSA) is 53.7 Å². The lowest BCUT2D eigenvalue weighted by atomic mass is 10.2. The first-order chi connectivity index (χ1) is 9.76. The standard InChI is InChI=1S/C14H20F3NO3/c1-4-19-10(3)20-9(2)13(15)14(16,17)21-12-7-5-11(18)6-8-12/h5-10,13H,4,18H2,1-3H3. The quantitative estimate of drug-likeness (QED) is 0.591. The molecular formula is C14H20F3NO3. The molecule has 0 fully saturated rings. The Kier molecular flexibility index (Phi) is 6.29. The smallest absolute Gasteiger partial charge is 0.430 e. The lowest BCUT2D eigenvalue weighted by Gasteiger charge is -2.27. The predicted molar refractivity (Wildman–Crippen MR) is 73.0 cm³/mol. The highest BCUT2D eigenvalue weighted by atomic mass is 19.3. The van der Waals surface area contributed by atoms with Crippen LogP contribution >= 0.6 is 0 Å². The highest BCUT2D eigenvalue weighted by molar-refractivity contribution is 5.41. The Balaban J connectivity index is 2.65. The molecule has 0 saturated carbocycles. The summed E-state index contributed by atoms with van der Waals surface area (Å²) >= 11 is 0. The molecule has 1 rings (SSSR count). The zero-order valence-corrected chi connectivity index (χ0v) is 12.2. The van der Waals surface area contributed by atoms with Crippen molar-refractivity contribution in [1.82, 2.24) is 0 Å². The number of benzene rings is 1. The number of halogens is 3. The highest BCUT2D eigenvalue weighted by Crippen LogP contribution is 2.30. The van der Waals surface area contributed by atoms with Crippen LogP contribution in [-0.4, -0.2) is 31.3 Å². The third-order valence-corrected chi connectivity index (χ3v) is 2.67. The monoisotopic (exact) mass is 307 g/mol. The Labute approximate surface area is 122 Å². The van der Waals surface area contributed by atoms with E-state index in [1.807, 2.05) is 0 Å². The number of nitrogen functional groups attached to an aromatic ring is 1. The number of nitrogens with two attached hydrogens (primary N) is 1. The van der Waals surface area contributed by atoms with Crippen molar-refractivity contribution < 1.29 is 27.4 Å². The first-order valence-corrected chi connectivity index (χ1v) is 6.59. The maximum Gasteiger partial charge on any atom is 0.432 e. The molecule has 0 radical (unpaired) electrons. The molecule has 1 aromatic carbocycles. The van der Waals surface area contributed by atoms with Gasteiger partial charge in [0.15, 0.2) is 6.29 Å². The second kappa shape index (κ2) is 7.51. The van der Waals surface area contributed by atoms with Crippen LogP contribution in [0.5, 0.6) is 5.75 Å². The van der Waals surface area contributed by atoms with Crippen molar-refractivity contribution in [3.8, 4) is 5.75 Å². The molecule has 0 aliphatic heterocycles. The zero-order valence-electron chi connectivity index (χ0n) is 12.2. The van der Waals surface area contributed by atoms with E-state index in [-0.39, 0.29) is 5.75 Å². The van der Waals surface area contributed by atoms with Crippen LogP contribution in [0.3, 0.4) is 0 Å². The fraction of sp³-hybridized carbons (Fsp3) is 0.571. The summed E-state index contributed by atoms with van der Waals surface area (Å²) in [5, 5.41) is 0. The van der Waals surface area contributed by atoms with Crippen LogP contribution in [0.25, 0.3) is 0 Å². The Hall–Kier alpha value is -1.47. The summed E-state index contributed by atoms with van der Waals surface area (Å²) < 4.78 is 55.8. The van der Waals surface area contributed by atoms with Gasteiger partial charge in [0.05, 0.1) is 6.10 Å². The number of hydrogen-bond donors (Lipinski definition) is 1. The van der Waals surface area contributed by atoms with Gasteiger partial charge >= 0.3 is 6.11 Å². The molecule has 2 N–H and O–H groups in total. The maximum atomic E-state index is 13.9. The largest absolute Gasteiger partial charge is 0.432 e. The molecular weight excluding hydrogens is 287 g/mol. The van der Waals surface area contributed by atoms with E-state index in [2.05, 4.69) is 4.74 Å². The molecule has 0 aliphatic carbocycles. The maximum absolute atomic E-state index is 13.9. The van der Waals surface area contributed by atoms with Gasteiger partial charge in [-0.05, 0) is 45.0 Å². The molecule has 120 valence electrons. The molecule has 0 amide bonds. The van der Waals surface area contributed by atoms with E-state index in [0.717, 1.165) is 0 Å². The lowest BCUT2D eigenvalue weighted by molar-refractivity contribution is -0.261. The Morgan fingerprint density at radius 2 is 1.76 bits per heavy atom. The summed E-state index contributed by atoms with van der Waals surface area (Å²) in [5.41, 5.74) is 5.82. The van der Waals surface area contributed by atoms with Crippen molar-refractivity contribution in [3.63, 3.8) is 0 Å². The number of alkyl halides is 3. The van der Waals surface area contributed by atoms with Crippen molar-refractivity contribution in [2.75, 3.05) is 12.3 Å². The molecule has 0 saturated heterocycles. The van der Waals surface area contributed by atoms with Gasteiger partial charge in [0.1, 0.15) is 5.75 Å². The minimum Gasteiger partial charge on any atom is -0.430 e. The summed E-state index contributed by atoms with van der Waals surface area (Å²) in [6.45, 7) is 4.76. The van der Waals surface area contributed by atoms with Gasteiger partial charge in [-0.3, -0.25) is 0 Å².